The minimum Gasteiger partial charge on any atom is -0.313 e. The van der Waals surface area contributed by atoms with E-state index in [0.717, 1.165) is 19.5 Å². The molecular weight excluding hydrogens is 194 g/mol. The van der Waals surface area contributed by atoms with Gasteiger partial charge in [-0.3, -0.25) is 0 Å². The maximum absolute atomic E-state index is 3.41. The summed E-state index contributed by atoms with van der Waals surface area (Å²) in [5, 5.41) is 3.41. The maximum atomic E-state index is 3.41. The average molecular weight is 217 g/mol. The van der Waals surface area contributed by atoms with Gasteiger partial charge in [0.15, 0.2) is 0 Å². The molecule has 0 saturated heterocycles. The van der Waals surface area contributed by atoms with Gasteiger partial charge in [0.05, 0.1) is 0 Å². The van der Waals surface area contributed by atoms with E-state index in [0.29, 0.717) is 0 Å². The molecule has 0 fully saturated rings. The fourth-order valence-corrected chi connectivity index (χ4v) is 1.65. The number of rotatable bonds is 6. The molecular formula is C15H23N. The molecule has 0 amide bonds. The Labute approximate surface area is 99.6 Å². The van der Waals surface area contributed by atoms with Crippen molar-refractivity contribution in [3.63, 3.8) is 0 Å². The second kappa shape index (κ2) is 7.24. The quantitative estimate of drug-likeness (QED) is 0.717. The Morgan fingerprint density at radius 1 is 1.19 bits per heavy atom. The van der Waals surface area contributed by atoms with Crippen LogP contribution in [0.25, 0.3) is 6.08 Å². The second-order valence-electron chi connectivity index (χ2n) is 4.26. The van der Waals surface area contributed by atoms with Gasteiger partial charge in [0.25, 0.3) is 0 Å². The highest BCUT2D eigenvalue weighted by molar-refractivity contribution is 5.53. The lowest BCUT2D eigenvalue weighted by Crippen LogP contribution is -2.16. The van der Waals surface area contributed by atoms with Gasteiger partial charge in [-0.1, -0.05) is 49.8 Å². The van der Waals surface area contributed by atoms with Gasteiger partial charge >= 0.3 is 0 Å². The van der Waals surface area contributed by atoms with E-state index in [1.54, 1.807) is 0 Å². The van der Waals surface area contributed by atoms with Crippen molar-refractivity contribution in [3.05, 3.63) is 41.0 Å². The molecule has 0 spiro atoms. The summed E-state index contributed by atoms with van der Waals surface area (Å²) in [5.74, 6) is 0. The van der Waals surface area contributed by atoms with Gasteiger partial charge < -0.3 is 5.32 Å². The molecule has 16 heavy (non-hydrogen) atoms. The Morgan fingerprint density at radius 3 is 2.44 bits per heavy atom. The first-order valence-corrected chi connectivity index (χ1v) is 6.23. The van der Waals surface area contributed by atoms with Crippen molar-refractivity contribution in [2.24, 2.45) is 0 Å². The number of aryl methyl sites for hydroxylation is 1. The number of benzene rings is 1. The van der Waals surface area contributed by atoms with Crippen molar-refractivity contribution in [1.82, 2.24) is 5.32 Å². The number of hydrogen-bond donors (Lipinski definition) is 1. The predicted octanol–water partition coefficient (Wildman–Crippen LogP) is 3.65. The molecule has 88 valence electrons. The van der Waals surface area contributed by atoms with Gasteiger partial charge in [-0.15, -0.1) is 0 Å². The molecule has 1 N–H and O–H groups in total. The first-order chi connectivity index (χ1) is 7.76. The van der Waals surface area contributed by atoms with Crippen LogP contribution in [-0.4, -0.2) is 13.1 Å². The standard InChI is InChI=1S/C15H23N/c1-4-10-16-12-13(3)11-15-8-6-14(5-2)7-9-15/h6-9,11,16H,4-5,10,12H2,1-3H3. The van der Waals surface area contributed by atoms with Crippen LogP contribution in [0.1, 0.15) is 38.3 Å². The third-order valence-corrected chi connectivity index (χ3v) is 2.63. The first kappa shape index (κ1) is 13.0. The van der Waals surface area contributed by atoms with E-state index >= 15 is 0 Å². The van der Waals surface area contributed by atoms with Gasteiger partial charge in [-0.25, -0.2) is 0 Å². The third kappa shape index (κ3) is 4.63. The number of hydrogen-bond acceptors (Lipinski definition) is 1. The van der Waals surface area contributed by atoms with Crippen LogP contribution in [0.15, 0.2) is 29.8 Å². The van der Waals surface area contributed by atoms with E-state index in [2.05, 4.69) is 56.4 Å². The molecule has 0 unspecified atom stereocenters. The van der Waals surface area contributed by atoms with Crippen molar-refractivity contribution in [2.45, 2.75) is 33.6 Å². The summed E-state index contributed by atoms with van der Waals surface area (Å²) in [6.45, 7) is 8.64. The van der Waals surface area contributed by atoms with E-state index < -0.39 is 0 Å². The molecule has 1 aromatic rings. The summed E-state index contributed by atoms with van der Waals surface area (Å²) in [7, 11) is 0. The molecule has 1 nitrogen and oxygen atoms in total. The molecule has 0 atom stereocenters. The van der Waals surface area contributed by atoms with Crippen molar-refractivity contribution >= 4 is 6.08 Å². The van der Waals surface area contributed by atoms with E-state index in [9.17, 15) is 0 Å². The van der Waals surface area contributed by atoms with Crippen LogP contribution >= 0.6 is 0 Å². The Morgan fingerprint density at radius 2 is 1.88 bits per heavy atom. The van der Waals surface area contributed by atoms with Gasteiger partial charge in [-0.05, 0) is 37.4 Å². The molecule has 0 aliphatic rings. The minimum absolute atomic E-state index is 0.989. The molecule has 1 rings (SSSR count). The lowest BCUT2D eigenvalue weighted by molar-refractivity contribution is 0.715. The van der Waals surface area contributed by atoms with Crippen molar-refractivity contribution in [1.29, 1.82) is 0 Å². The predicted molar refractivity (Wildman–Crippen MR) is 72.6 cm³/mol. The smallest absolute Gasteiger partial charge is 0.0165 e. The monoisotopic (exact) mass is 217 g/mol. The molecule has 0 aliphatic heterocycles. The first-order valence-electron chi connectivity index (χ1n) is 6.23. The van der Waals surface area contributed by atoms with Crippen LogP contribution in [0.3, 0.4) is 0 Å². The van der Waals surface area contributed by atoms with Crippen LogP contribution in [0.5, 0.6) is 0 Å². The minimum atomic E-state index is 0.989. The lowest BCUT2D eigenvalue weighted by atomic mass is 10.1. The molecule has 0 aromatic heterocycles. The zero-order chi connectivity index (χ0) is 11.8. The Bertz CT molecular complexity index is 322. The SMILES string of the molecule is CCCNCC(C)=Cc1ccc(CC)cc1. The zero-order valence-corrected chi connectivity index (χ0v) is 10.7. The second-order valence-corrected chi connectivity index (χ2v) is 4.26. The fraction of sp³-hybridized carbons (Fsp3) is 0.467. The summed E-state index contributed by atoms with van der Waals surface area (Å²) in [6.07, 6.45) is 4.56. The average Bonchev–Trinajstić information content (AvgIpc) is 2.30. The highest BCUT2D eigenvalue weighted by Crippen LogP contribution is 2.09. The molecule has 0 aliphatic carbocycles. The van der Waals surface area contributed by atoms with E-state index in [4.69, 9.17) is 0 Å². The molecule has 0 radical (unpaired) electrons. The summed E-state index contributed by atoms with van der Waals surface area (Å²) in [6, 6.07) is 8.81. The topological polar surface area (TPSA) is 12.0 Å². The van der Waals surface area contributed by atoms with Crippen molar-refractivity contribution < 1.29 is 0 Å². The summed E-state index contributed by atoms with van der Waals surface area (Å²) >= 11 is 0. The van der Waals surface area contributed by atoms with Gasteiger partial charge in [0.2, 0.25) is 0 Å². The summed E-state index contributed by atoms with van der Waals surface area (Å²) in [5.41, 5.74) is 4.09. The maximum Gasteiger partial charge on any atom is 0.0165 e. The van der Waals surface area contributed by atoms with E-state index in [1.165, 1.54) is 23.1 Å². The Hall–Kier alpha value is -1.08. The van der Waals surface area contributed by atoms with Crippen LogP contribution in [0.2, 0.25) is 0 Å². The Kier molecular flexibility index (Phi) is 5.87. The molecule has 1 aromatic carbocycles. The van der Waals surface area contributed by atoms with Crippen molar-refractivity contribution in [2.75, 3.05) is 13.1 Å². The number of nitrogens with one attached hydrogen (secondary N) is 1. The van der Waals surface area contributed by atoms with Crippen molar-refractivity contribution in [3.8, 4) is 0 Å². The summed E-state index contributed by atoms with van der Waals surface area (Å²) < 4.78 is 0. The van der Waals surface area contributed by atoms with E-state index in [-0.39, 0.29) is 0 Å². The van der Waals surface area contributed by atoms with Crippen LogP contribution in [0, 0.1) is 0 Å². The highest BCUT2D eigenvalue weighted by Gasteiger charge is 1.92. The molecule has 0 heterocycles. The zero-order valence-electron chi connectivity index (χ0n) is 10.7. The lowest BCUT2D eigenvalue weighted by Gasteiger charge is -2.04. The van der Waals surface area contributed by atoms with Crippen LogP contribution in [-0.2, 0) is 6.42 Å². The van der Waals surface area contributed by atoms with Gasteiger partial charge in [0.1, 0.15) is 0 Å². The van der Waals surface area contributed by atoms with E-state index in [1.807, 2.05) is 0 Å². The molecule has 0 bridgehead atoms. The van der Waals surface area contributed by atoms with Gasteiger partial charge in [-0.2, -0.15) is 0 Å². The normalized spacial score (nSPS) is 11.8. The largest absolute Gasteiger partial charge is 0.313 e. The van der Waals surface area contributed by atoms with Gasteiger partial charge in [0, 0.05) is 6.54 Å². The highest BCUT2D eigenvalue weighted by atomic mass is 14.8. The van der Waals surface area contributed by atoms with Crippen LogP contribution < -0.4 is 5.32 Å². The molecule has 0 saturated carbocycles. The summed E-state index contributed by atoms with van der Waals surface area (Å²) in [4.78, 5) is 0. The fourth-order valence-electron chi connectivity index (χ4n) is 1.65. The Balaban J connectivity index is 2.52. The third-order valence-electron chi connectivity index (χ3n) is 2.63. The van der Waals surface area contributed by atoms with Crippen LogP contribution in [0.4, 0.5) is 0 Å². The molecule has 1 heteroatoms.